The molecule has 0 aliphatic carbocycles. The molecular weight excluding hydrogens is 332 g/mol. The Bertz CT molecular complexity index is 735. The van der Waals surface area contributed by atoms with Gasteiger partial charge in [-0.15, -0.1) is 10.2 Å². The van der Waals surface area contributed by atoms with Gasteiger partial charge in [-0.2, -0.15) is 0 Å². The van der Waals surface area contributed by atoms with E-state index in [-0.39, 0.29) is 0 Å². The number of aryl methyl sites for hydroxylation is 2. The summed E-state index contributed by atoms with van der Waals surface area (Å²) in [7, 11) is 0. The summed E-state index contributed by atoms with van der Waals surface area (Å²) in [4.78, 5) is 14.1. The zero-order chi connectivity index (χ0) is 17.9. The fourth-order valence-corrected chi connectivity index (χ4v) is 3.67. The highest BCUT2D eigenvalue weighted by Gasteiger charge is 2.23. The van der Waals surface area contributed by atoms with Gasteiger partial charge in [-0.05, 0) is 19.8 Å². The Labute approximate surface area is 153 Å². The number of piperazine rings is 1. The van der Waals surface area contributed by atoms with Gasteiger partial charge in [0.25, 0.3) is 0 Å². The molecule has 8 nitrogen and oxygen atoms in total. The number of aromatic nitrogens is 4. The van der Waals surface area contributed by atoms with Crippen LogP contribution in [0.1, 0.15) is 42.1 Å². The first-order valence-corrected chi connectivity index (χ1v) is 9.37. The number of hydrogen-bond acceptors (Lipinski definition) is 8. The highest BCUT2D eigenvalue weighted by molar-refractivity contribution is 5.41. The first kappa shape index (κ1) is 17.4. The van der Waals surface area contributed by atoms with Crippen molar-refractivity contribution in [1.82, 2.24) is 25.1 Å². The monoisotopic (exact) mass is 358 g/mol. The van der Waals surface area contributed by atoms with Gasteiger partial charge in [0.05, 0.1) is 6.54 Å². The summed E-state index contributed by atoms with van der Waals surface area (Å²) in [5.74, 6) is 3.71. The van der Waals surface area contributed by atoms with Crippen molar-refractivity contribution in [3.63, 3.8) is 0 Å². The van der Waals surface area contributed by atoms with E-state index < -0.39 is 0 Å². The molecule has 0 N–H and O–H groups in total. The molecule has 0 unspecified atom stereocenters. The molecule has 2 aliphatic heterocycles. The van der Waals surface area contributed by atoms with Gasteiger partial charge in [0.1, 0.15) is 11.6 Å². The second kappa shape index (κ2) is 7.67. The predicted octanol–water partition coefficient (Wildman–Crippen LogP) is 1.69. The summed E-state index contributed by atoms with van der Waals surface area (Å²) in [6.07, 6.45) is 2.10. The van der Waals surface area contributed by atoms with Crippen molar-refractivity contribution in [3.05, 3.63) is 29.4 Å². The fraction of sp³-hybridized carbons (Fsp3) is 0.667. The largest absolute Gasteiger partial charge is 0.424 e. The molecule has 4 rings (SSSR count). The lowest BCUT2D eigenvalue weighted by Crippen LogP contribution is -2.46. The van der Waals surface area contributed by atoms with E-state index in [2.05, 4.69) is 31.0 Å². The first-order valence-electron chi connectivity index (χ1n) is 9.37. The molecule has 0 aromatic carbocycles. The molecular formula is C18H26N6O2. The van der Waals surface area contributed by atoms with Crippen molar-refractivity contribution >= 4 is 5.82 Å². The van der Waals surface area contributed by atoms with E-state index in [1.807, 2.05) is 13.8 Å². The Morgan fingerprint density at radius 3 is 2.50 bits per heavy atom. The van der Waals surface area contributed by atoms with Crippen molar-refractivity contribution in [2.24, 2.45) is 0 Å². The average molecular weight is 358 g/mol. The lowest BCUT2D eigenvalue weighted by Gasteiger charge is -2.35. The van der Waals surface area contributed by atoms with E-state index in [1.165, 1.54) is 5.69 Å². The molecule has 2 saturated heterocycles. The second-order valence-corrected chi connectivity index (χ2v) is 7.06. The molecule has 0 saturated carbocycles. The highest BCUT2D eigenvalue weighted by Crippen LogP contribution is 2.28. The van der Waals surface area contributed by atoms with E-state index in [4.69, 9.17) is 14.1 Å². The van der Waals surface area contributed by atoms with Crippen LogP contribution in [0.5, 0.6) is 0 Å². The van der Waals surface area contributed by atoms with E-state index >= 15 is 0 Å². The number of hydrogen-bond donors (Lipinski definition) is 0. The van der Waals surface area contributed by atoms with Crippen LogP contribution in [-0.2, 0) is 11.3 Å². The van der Waals surface area contributed by atoms with Crippen LogP contribution in [0.3, 0.4) is 0 Å². The SMILES string of the molecule is Cc1nc(C2CCOCC2)cc(N2CCN(Cc3nnc(C)o3)CC2)n1. The van der Waals surface area contributed by atoms with Gasteiger partial charge in [-0.3, -0.25) is 4.90 Å². The van der Waals surface area contributed by atoms with Gasteiger partial charge in [-0.1, -0.05) is 0 Å². The molecule has 2 aromatic heterocycles. The minimum atomic E-state index is 0.492. The first-order chi connectivity index (χ1) is 12.7. The predicted molar refractivity (Wildman–Crippen MR) is 96.1 cm³/mol. The van der Waals surface area contributed by atoms with Crippen LogP contribution in [0, 0.1) is 13.8 Å². The van der Waals surface area contributed by atoms with Gasteiger partial charge in [0.15, 0.2) is 0 Å². The normalized spacial score (nSPS) is 19.8. The van der Waals surface area contributed by atoms with Crippen molar-refractivity contribution in [1.29, 1.82) is 0 Å². The minimum Gasteiger partial charge on any atom is -0.424 e. The lowest BCUT2D eigenvalue weighted by atomic mass is 9.96. The molecule has 2 fully saturated rings. The summed E-state index contributed by atoms with van der Waals surface area (Å²) >= 11 is 0. The van der Waals surface area contributed by atoms with E-state index in [0.717, 1.165) is 63.9 Å². The van der Waals surface area contributed by atoms with Crippen LogP contribution in [-0.4, -0.2) is 64.5 Å². The minimum absolute atomic E-state index is 0.492. The molecule has 4 heterocycles. The maximum atomic E-state index is 5.49. The summed E-state index contributed by atoms with van der Waals surface area (Å²) in [5, 5.41) is 7.99. The number of ether oxygens (including phenoxy) is 1. The summed E-state index contributed by atoms with van der Waals surface area (Å²) in [6, 6.07) is 2.18. The number of anilines is 1. The van der Waals surface area contributed by atoms with Gasteiger partial charge in [0, 0.05) is 64.0 Å². The average Bonchev–Trinajstić information content (AvgIpc) is 3.07. The number of nitrogens with zero attached hydrogens (tertiary/aromatic N) is 6. The second-order valence-electron chi connectivity index (χ2n) is 7.06. The Morgan fingerprint density at radius 2 is 1.81 bits per heavy atom. The van der Waals surface area contributed by atoms with Crippen LogP contribution in [0.15, 0.2) is 10.5 Å². The Balaban J connectivity index is 1.39. The van der Waals surface area contributed by atoms with E-state index in [1.54, 1.807) is 0 Å². The van der Waals surface area contributed by atoms with Gasteiger partial charge >= 0.3 is 0 Å². The quantitative estimate of drug-likeness (QED) is 0.817. The summed E-state index contributed by atoms with van der Waals surface area (Å²) in [6.45, 7) is 9.97. The van der Waals surface area contributed by atoms with Crippen molar-refractivity contribution < 1.29 is 9.15 Å². The molecule has 8 heteroatoms. The van der Waals surface area contributed by atoms with Crippen LogP contribution in [0.25, 0.3) is 0 Å². The third-order valence-corrected chi connectivity index (χ3v) is 5.11. The molecule has 0 atom stereocenters. The molecule has 140 valence electrons. The standard InChI is InChI=1S/C18H26N6O2/c1-13-19-16(15-3-9-25-10-4-15)11-17(20-13)24-7-5-23(6-8-24)12-18-22-21-14(2)26-18/h11,15H,3-10,12H2,1-2H3. The molecule has 0 amide bonds. The van der Waals surface area contributed by atoms with Crippen LogP contribution in [0.2, 0.25) is 0 Å². The molecule has 2 aromatic rings. The lowest BCUT2D eigenvalue weighted by molar-refractivity contribution is 0.0844. The maximum Gasteiger partial charge on any atom is 0.230 e. The van der Waals surface area contributed by atoms with Crippen molar-refractivity contribution in [3.8, 4) is 0 Å². The molecule has 0 radical (unpaired) electrons. The van der Waals surface area contributed by atoms with Gasteiger partial charge in [-0.25, -0.2) is 9.97 Å². The zero-order valence-corrected chi connectivity index (χ0v) is 15.5. The zero-order valence-electron chi connectivity index (χ0n) is 15.5. The van der Waals surface area contributed by atoms with Crippen molar-refractivity contribution in [2.45, 2.75) is 39.2 Å². The smallest absolute Gasteiger partial charge is 0.230 e. The fourth-order valence-electron chi connectivity index (χ4n) is 3.67. The number of rotatable bonds is 4. The Morgan fingerprint density at radius 1 is 1.04 bits per heavy atom. The third-order valence-electron chi connectivity index (χ3n) is 5.11. The summed E-state index contributed by atoms with van der Waals surface area (Å²) < 4.78 is 11.0. The van der Waals surface area contributed by atoms with Crippen LogP contribution < -0.4 is 4.90 Å². The van der Waals surface area contributed by atoms with Gasteiger partial charge < -0.3 is 14.1 Å². The van der Waals surface area contributed by atoms with Crippen molar-refractivity contribution in [2.75, 3.05) is 44.3 Å². The Hall–Kier alpha value is -2.06. The van der Waals surface area contributed by atoms with E-state index in [0.29, 0.717) is 24.2 Å². The molecule has 2 aliphatic rings. The third kappa shape index (κ3) is 4.02. The topological polar surface area (TPSA) is 80.4 Å². The molecule has 0 bridgehead atoms. The van der Waals surface area contributed by atoms with E-state index in [9.17, 15) is 0 Å². The van der Waals surface area contributed by atoms with Crippen LogP contribution in [0.4, 0.5) is 5.82 Å². The van der Waals surface area contributed by atoms with Gasteiger partial charge in [0.2, 0.25) is 11.8 Å². The van der Waals surface area contributed by atoms with Crippen LogP contribution >= 0.6 is 0 Å². The molecule has 0 spiro atoms. The summed E-state index contributed by atoms with van der Waals surface area (Å²) in [5.41, 5.74) is 1.17. The molecule has 26 heavy (non-hydrogen) atoms. The highest BCUT2D eigenvalue weighted by atomic mass is 16.5. The maximum absolute atomic E-state index is 5.49. The Kier molecular flexibility index (Phi) is 5.12.